The second-order valence-electron chi connectivity index (χ2n) is 4.04. The topological polar surface area (TPSA) is 34.9 Å². The summed E-state index contributed by atoms with van der Waals surface area (Å²) < 4.78 is 2.00. The molecule has 0 amide bonds. The number of carbonyl (C=O) groups is 1. The monoisotopic (exact) mass is 228 g/mol. The number of ketones is 1. The van der Waals surface area contributed by atoms with Crippen LogP contribution in [0.1, 0.15) is 28.7 Å². The molecule has 0 N–H and O–H groups in total. The number of imidazole rings is 1. The lowest BCUT2D eigenvalue weighted by atomic mass is 10.0. The summed E-state index contributed by atoms with van der Waals surface area (Å²) in [6.07, 6.45) is 4.01. The van der Waals surface area contributed by atoms with E-state index < -0.39 is 0 Å². The van der Waals surface area contributed by atoms with E-state index in [0.717, 1.165) is 23.5 Å². The molecule has 2 aromatic rings. The quantitative estimate of drug-likeness (QED) is 0.754. The normalized spacial score (nSPS) is 10.5. The lowest BCUT2D eigenvalue weighted by Gasteiger charge is -2.06. The van der Waals surface area contributed by atoms with Crippen molar-refractivity contribution in [2.75, 3.05) is 0 Å². The van der Waals surface area contributed by atoms with Crippen LogP contribution in [0.25, 0.3) is 0 Å². The van der Waals surface area contributed by atoms with Gasteiger partial charge in [-0.15, -0.1) is 0 Å². The average Bonchev–Trinajstić information content (AvgIpc) is 2.76. The Morgan fingerprint density at radius 2 is 2.12 bits per heavy atom. The Morgan fingerprint density at radius 3 is 2.82 bits per heavy atom. The zero-order valence-corrected chi connectivity index (χ0v) is 10.2. The molecule has 0 saturated heterocycles. The Bertz CT molecular complexity index is 529. The number of aryl methyl sites for hydroxylation is 2. The molecule has 17 heavy (non-hydrogen) atoms. The summed E-state index contributed by atoms with van der Waals surface area (Å²) in [5.41, 5.74) is 1.81. The highest BCUT2D eigenvalue weighted by atomic mass is 16.1. The molecule has 0 aliphatic rings. The maximum Gasteiger partial charge on any atom is 0.170 e. The molecule has 0 saturated carbocycles. The first-order chi connectivity index (χ1) is 8.22. The van der Waals surface area contributed by atoms with Gasteiger partial charge in [0.25, 0.3) is 0 Å². The van der Waals surface area contributed by atoms with Gasteiger partial charge in [0.05, 0.1) is 6.42 Å². The Labute approximate surface area is 101 Å². The predicted octanol–water partition coefficient (Wildman–Crippen LogP) is 2.64. The van der Waals surface area contributed by atoms with Crippen LogP contribution in [0.15, 0.2) is 36.7 Å². The van der Waals surface area contributed by atoms with E-state index in [1.54, 1.807) is 6.20 Å². The summed E-state index contributed by atoms with van der Waals surface area (Å²) in [7, 11) is 0. The Morgan fingerprint density at radius 1 is 1.35 bits per heavy atom. The molecule has 0 atom stereocenters. The van der Waals surface area contributed by atoms with Crippen LogP contribution in [0, 0.1) is 6.92 Å². The zero-order chi connectivity index (χ0) is 12.3. The van der Waals surface area contributed by atoms with Gasteiger partial charge in [0.1, 0.15) is 5.82 Å². The van der Waals surface area contributed by atoms with Gasteiger partial charge in [0, 0.05) is 24.5 Å². The molecule has 0 aliphatic carbocycles. The van der Waals surface area contributed by atoms with Gasteiger partial charge in [-0.1, -0.05) is 24.3 Å². The molecule has 0 radical (unpaired) electrons. The Hall–Kier alpha value is -1.90. The molecule has 1 aromatic heterocycles. The van der Waals surface area contributed by atoms with Gasteiger partial charge in [0.2, 0.25) is 0 Å². The molecule has 1 aromatic carbocycles. The van der Waals surface area contributed by atoms with Crippen LogP contribution in [0.4, 0.5) is 0 Å². The van der Waals surface area contributed by atoms with Gasteiger partial charge in [0.15, 0.2) is 5.78 Å². The molecule has 3 nitrogen and oxygen atoms in total. The molecule has 1 heterocycles. The summed E-state index contributed by atoms with van der Waals surface area (Å²) in [6, 6.07) is 7.67. The van der Waals surface area contributed by atoms with Crippen molar-refractivity contribution in [3.63, 3.8) is 0 Å². The molecular formula is C14H16N2O. The standard InChI is InChI=1S/C14H16N2O/c1-3-16-9-8-15-14(16)10-13(17)12-7-5-4-6-11(12)2/h4-9H,3,10H2,1-2H3. The number of carbonyl (C=O) groups excluding carboxylic acids is 1. The second kappa shape index (κ2) is 4.95. The van der Waals surface area contributed by atoms with E-state index in [1.165, 1.54) is 0 Å². The van der Waals surface area contributed by atoms with E-state index in [2.05, 4.69) is 4.98 Å². The molecule has 2 rings (SSSR count). The lowest BCUT2D eigenvalue weighted by molar-refractivity contribution is 0.0989. The minimum absolute atomic E-state index is 0.129. The molecule has 88 valence electrons. The van der Waals surface area contributed by atoms with Crippen LogP contribution in [0.5, 0.6) is 0 Å². The molecule has 0 spiro atoms. The molecule has 0 bridgehead atoms. The Balaban J connectivity index is 2.20. The summed E-state index contributed by atoms with van der Waals surface area (Å²) in [4.78, 5) is 16.4. The van der Waals surface area contributed by atoms with Crippen LogP contribution >= 0.6 is 0 Å². The van der Waals surface area contributed by atoms with Crippen LogP contribution < -0.4 is 0 Å². The van der Waals surface area contributed by atoms with E-state index in [-0.39, 0.29) is 5.78 Å². The van der Waals surface area contributed by atoms with Crippen molar-refractivity contribution in [1.82, 2.24) is 9.55 Å². The number of hydrogen-bond donors (Lipinski definition) is 0. The van der Waals surface area contributed by atoms with Gasteiger partial charge in [-0.05, 0) is 19.4 Å². The largest absolute Gasteiger partial charge is 0.335 e. The average molecular weight is 228 g/mol. The van der Waals surface area contributed by atoms with Crippen LogP contribution in [0.3, 0.4) is 0 Å². The van der Waals surface area contributed by atoms with E-state index in [0.29, 0.717) is 6.42 Å². The highest BCUT2D eigenvalue weighted by Crippen LogP contribution is 2.11. The van der Waals surface area contributed by atoms with E-state index in [9.17, 15) is 4.79 Å². The van der Waals surface area contributed by atoms with Crippen LogP contribution in [0.2, 0.25) is 0 Å². The fourth-order valence-electron chi connectivity index (χ4n) is 1.92. The van der Waals surface area contributed by atoms with Gasteiger partial charge in [-0.2, -0.15) is 0 Å². The fourth-order valence-corrected chi connectivity index (χ4v) is 1.92. The van der Waals surface area contributed by atoms with Crippen molar-refractivity contribution in [2.45, 2.75) is 26.8 Å². The van der Waals surface area contributed by atoms with Crippen molar-refractivity contribution < 1.29 is 4.79 Å². The van der Waals surface area contributed by atoms with Crippen LogP contribution in [-0.4, -0.2) is 15.3 Å². The van der Waals surface area contributed by atoms with Gasteiger partial charge in [-0.25, -0.2) is 4.98 Å². The maximum absolute atomic E-state index is 12.1. The number of hydrogen-bond acceptors (Lipinski definition) is 2. The number of rotatable bonds is 4. The number of aromatic nitrogens is 2. The molecular weight excluding hydrogens is 212 g/mol. The fraction of sp³-hybridized carbons (Fsp3) is 0.286. The third-order valence-electron chi connectivity index (χ3n) is 2.91. The summed E-state index contributed by atoms with van der Waals surface area (Å²) in [5.74, 6) is 0.963. The molecule has 3 heteroatoms. The predicted molar refractivity (Wildman–Crippen MR) is 67.1 cm³/mol. The smallest absolute Gasteiger partial charge is 0.170 e. The van der Waals surface area contributed by atoms with Crippen LogP contribution in [-0.2, 0) is 13.0 Å². The minimum Gasteiger partial charge on any atom is -0.335 e. The maximum atomic E-state index is 12.1. The lowest BCUT2D eigenvalue weighted by Crippen LogP contribution is -2.10. The van der Waals surface area contributed by atoms with Gasteiger partial charge in [-0.3, -0.25) is 4.79 Å². The first-order valence-corrected chi connectivity index (χ1v) is 5.81. The SMILES string of the molecule is CCn1ccnc1CC(=O)c1ccccc1C. The summed E-state index contributed by atoms with van der Waals surface area (Å²) in [5, 5.41) is 0. The zero-order valence-electron chi connectivity index (χ0n) is 10.2. The Kier molecular flexibility index (Phi) is 3.38. The second-order valence-corrected chi connectivity index (χ2v) is 4.04. The molecule has 0 aliphatic heterocycles. The highest BCUT2D eigenvalue weighted by Gasteiger charge is 2.12. The van der Waals surface area contributed by atoms with E-state index in [1.807, 2.05) is 48.9 Å². The van der Waals surface area contributed by atoms with Crippen molar-refractivity contribution in [3.05, 3.63) is 53.6 Å². The third kappa shape index (κ3) is 2.44. The number of nitrogens with zero attached hydrogens (tertiary/aromatic N) is 2. The van der Waals surface area contributed by atoms with Crippen molar-refractivity contribution >= 4 is 5.78 Å². The number of Topliss-reactive ketones (excluding diaryl/α,β-unsaturated/α-hetero) is 1. The molecule has 0 unspecified atom stereocenters. The van der Waals surface area contributed by atoms with Crippen molar-refractivity contribution in [3.8, 4) is 0 Å². The molecule has 0 fully saturated rings. The first-order valence-electron chi connectivity index (χ1n) is 5.81. The minimum atomic E-state index is 0.129. The van der Waals surface area contributed by atoms with Crippen molar-refractivity contribution in [1.29, 1.82) is 0 Å². The highest BCUT2D eigenvalue weighted by molar-refractivity contribution is 5.98. The first kappa shape index (κ1) is 11.6. The van der Waals surface area contributed by atoms with E-state index in [4.69, 9.17) is 0 Å². The third-order valence-corrected chi connectivity index (χ3v) is 2.91. The van der Waals surface area contributed by atoms with Crippen molar-refractivity contribution in [2.24, 2.45) is 0 Å². The van der Waals surface area contributed by atoms with Gasteiger partial charge < -0.3 is 4.57 Å². The summed E-state index contributed by atoms with van der Waals surface area (Å²) in [6.45, 7) is 4.85. The van der Waals surface area contributed by atoms with E-state index >= 15 is 0 Å². The number of benzene rings is 1. The summed E-state index contributed by atoms with van der Waals surface area (Å²) >= 11 is 0. The van der Waals surface area contributed by atoms with Gasteiger partial charge >= 0.3 is 0 Å².